The number of benzene rings is 2. The van der Waals surface area contributed by atoms with Gasteiger partial charge in [-0.1, -0.05) is 29.3 Å². The summed E-state index contributed by atoms with van der Waals surface area (Å²) in [6.45, 7) is 2.52. The number of aryl methyl sites for hydroxylation is 1. The van der Waals surface area contributed by atoms with Crippen LogP contribution in [-0.2, 0) is 11.3 Å². The summed E-state index contributed by atoms with van der Waals surface area (Å²) in [6, 6.07) is 8.24. The molecule has 0 saturated carbocycles. The molecular weight excluding hydrogens is 366 g/mol. The summed E-state index contributed by atoms with van der Waals surface area (Å²) >= 11 is 12.3. The van der Waals surface area contributed by atoms with Gasteiger partial charge in [0.2, 0.25) is 0 Å². The van der Waals surface area contributed by atoms with E-state index in [9.17, 15) is 9.18 Å². The number of quaternary nitrogens is 1. The topological polar surface area (TPSA) is 42.8 Å². The molecule has 0 aliphatic rings. The van der Waals surface area contributed by atoms with Crippen molar-refractivity contribution in [3.8, 4) is 5.75 Å². The van der Waals surface area contributed by atoms with Crippen LogP contribution in [0.3, 0.4) is 0 Å². The van der Waals surface area contributed by atoms with Gasteiger partial charge in [0.1, 0.15) is 6.54 Å². The number of carbonyl (C=O) groups excluding carboxylic acids is 1. The van der Waals surface area contributed by atoms with E-state index in [1.165, 1.54) is 13.2 Å². The number of halogens is 3. The van der Waals surface area contributed by atoms with E-state index < -0.39 is 5.82 Å². The Morgan fingerprint density at radius 3 is 2.64 bits per heavy atom. The van der Waals surface area contributed by atoms with Crippen LogP contribution in [0.1, 0.15) is 11.1 Å². The Bertz CT molecular complexity index is 784. The van der Waals surface area contributed by atoms with E-state index in [1.807, 2.05) is 14.0 Å². The van der Waals surface area contributed by atoms with Gasteiger partial charge >= 0.3 is 0 Å². The van der Waals surface area contributed by atoms with Crippen molar-refractivity contribution in [3.05, 3.63) is 57.3 Å². The molecule has 0 spiro atoms. The third-order valence-corrected chi connectivity index (χ3v) is 4.54. The summed E-state index contributed by atoms with van der Waals surface area (Å²) in [5, 5.41) is 3.56. The number of methoxy groups -OCH3 is 1. The third kappa shape index (κ3) is 5.08. The molecular formula is C18H20Cl2FN2O2+. The SMILES string of the molecule is COc1ccc(C[NH+](C)CC(=O)Nc2c(Cl)ccc(C)c2Cl)cc1F. The number of amides is 1. The van der Waals surface area contributed by atoms with Crippen molar-refractivity contribution in [1.82, 2.24) is 0 Å². The largest absolute Gasteiger partial charge is 0.494 e. The Kier molecular flexibility index (Phi) is 6.64. The molecule has 134 valence electrons. The summed E-state index contributed by atoms with van der Waals surface area (Å²) in [5.74, 6) is -0.445. The smallest absolute Gasteiger partial charge is 0.279 e. The van der Waals surface area contributed by atoms with Crippen LogP contribution in [-0.4, -0.2) is 26.6 Å². The molecule has 0 aliphatic carbocycles. The maximum absolute atomic E-state index is 13.7. The summed E-state index contributed by atoms with van der Waals surface area (Å²) in [6.07, 6.45) is 0. The highest BCUT2D eigenvalue weighted by Crippen LogP contribution is 2.32. The van der Waals surface area contributed by atoms with E-state index in [-0.39, 0.29) is 18.2 Å². The lowest BCUT2D eigenvalue weighted by molar-refractivity contribution is -0.885. The normalized spacial score (nSPS) is 11.9. The van der Waals surface area contributed by atoms with Crippen molar-refractivity contribution in [3.63, 3.8) is 0 Å². The molecule has 25 heavy (non-hydrogen) atoms. The number of hydrogen-bond acceptors (Lipinski definition) is 2. The van der Waals surface area contributed by atoms with Crippen molar-refractivity contribution >= 4 is 34.8 Å². The van der Waals surface area contributed by atoms with Crippen LogP contribution in [0.25, 0.3) is 0 Å². The molecule has 0 saturated heterocycles. The molecule has 2 aromatic carbocycles. The van der Waals surface area contributed by atoms with E-state index in [4.69, 9.17) is 27.9 Å². The van der Waals surface area contributed by atoms with Crippen molar-refractivity contribution in [1.29, 1.82) is 0 Å². The second kappa shape index (κ2) is 8.52. The van der Waals surface area contributed by atoms with E-state index in [0.717, 1.165) is 16.0 Å². The minimum Gasteiger partial charge on any atom is -0.494 e. The predicted molar refractivity (Wildman–Crippen MR) is 98.2 cm³/mol. The zero-order valence-corrected chi connectivity index (χ0v) is 15.8. The maximum atomic E-state index is 13.7. The maximum Gasteiger partial charge on any atom is 0.279 e. The molecule has 4 nitrogen and oxygen atoms in total. The highest BCUT2D eigenvalue weighted by Gasteiger charge is 2.16. The quantitative estimate of drug-likeness (QED) is 0.802. The van der Waals surface area contributed by atoms with E-state index >= 15 is 0 Å². The Labute approximate surface area is 156 Å². The Morgan fingerprint density at radius 1 is 1.28 bits per heavy atom. The van der Waals surface area contributed by atoms with Gasteiger partial charge in [-0.25, -0.2) is 4.39 Å². The fraction of sp³-hybridized carbons (Fsp3) is 0.278. The molecule has 0 aromatic heterocycles. The number of ether oxygens (including phenoxy) is 1. The first-order chi connectivity index (χ1) is 11.8. The van der Waals surface area contributed by atoms with Crippen LogP contribution in [0.15, 0.2) is 30.3 Å². The van der Waals surface area contributed by atoms with Gasteiger partial charge in [0, 0.05) is 5.56 Å². The fourth-order valence-corrected chi connectivity index (χ4v) is 2.92. The van der Waals surface area contributed by atoms with Crippen LogP contribution >= 0.6 is 23.2 Å². The van der Waals surface area contributed by atoms with Crippen LogP contribution in [0.4, 0.5) is 10.1 Å². The average molecular weight is 386 g/mol. The lowest BCUT2D eigenvalue weighted by atomic mass is 10.2. The van der Waals surface area contributed by atoms with Crippen molar-refractivity contribution in [2.75, 3.05) is 26.0 Å². The average Bonchev–Trinajstić information content (AvgIpc) is 2.55. The highest BCUT2D eigenvalue weighted by molar-refractivity contribution is 6.40. The molecule has 1 unspecified atom stereocenters. The van der Waals surface area contributed by atoms with Gasteiger partial charge < -0.3 is 15.0 Å². The summed E-state index contributed by atoms with van der Waals surface area (Å²) in [4.78, 5) is 13.1. The van der Waals surface area contributed by atoms with E-state index in [0.29, 0.717) is 22.3 Å². The first kappa shape index (κ1) is 19.5. The van der Waals surface area contributed by atoms with Gasteiger partial charge in [-0.15, -0.1) is 0 Å². The van der Waals surface area contributed by atoms with E-state index in [1.54, 1.807) is 24.3 Å². The first-order valence-corrected chi connectivity index (χ1v) is 8.45. The van der Waals surface area contributed by atoms with E-state index in [2.05, 4.69) is 5.32 Å². The zero-order valence-electron chi connectivity index (χ0n) is 14.3. The molecule has 0 aliphatic heterocycles. The Balaban J connectivity index is 1.99. The number of hydrogen-bond donors (Lipinski definition) is 2. The lowest BCUT2D eigenvalue weighted by Gasteiger charge is -2.16. The van der Waals surface area contributed by atoms with Gasteiger partial charge in [-0.2, -0.15) is 0 Å². The van der Waals surface area contributed by atoms with Gasteiger partial charge in [-0.05, 0) is 36.8 Å². The minimum atomic E-state index is -0.421. The Hall–Kier alpha value is -1.82. The molecule has 2 rings (SSSR count). The second-order valence-electron chi connectivity index (χ2n) is 5.88. The number of carbonyl (C=O) groups is 1. The van der Waals surface area contributed by atoms with Crippen molar-refractivity contribution in [2.45, 2.75) is 13.5 Å². The predicted octanol–water partition coefficient (Wildman–Crippen LogP) is 3.10. The molecule has 1 amide bonds. The summed E-state index contributed by atoms with van der Waals surface area (Å²) in [7, 11) is 3.27. The van der Waals surface area contributed by atoms with Gasteiger partial charge in [0.15, 0.2) is 18.1 Å². The molecule has 0 heterocycles. The molecule has 0 fully saturated rings. The molecule has 0 radical (unpaired) electrons. The fourth-order valence-electron chi connectivity index (χ4n) is 2.46. The monoisotopic (exact) mass is 385 g/mol. The second-order valence-corrected chi connectivity index (χ2v) is 6.67. The van der Waals surface area contributed by atoms with Crippen LogP contribution in [0.5, 0.6) is 5.75 Å². The standard InChI is InChI=1S/C18H19Cl2FN2O2/c1-11-4-6-13(19)18(17(11)20)22-16(24)10-23(2)9-12-5-7-15(25-3)14(21)8-12/h4-8H,9-10H2,1-3H3,(H,22,24)/p+1. The zero-order chi connectivity index (χ0) is 18.6. The Morgan fingerprint density at radius 2 is 2.00 bits per heavy atom. The van der Waals surface area contributed by atoms with Gasteiger partial charge in [-0.3, -0.25) is 4.79 Å². The molecule has 1 atom stereocenters. The molecule has 2 N–H and O–H groups in total. The highest BCUT2D eigenvalue weighted by atomic mass is 35.5. The number of rotatable bonds is 6. The van der Waals surface area contributed by atoms with Crippen molar-refractivity contribution < 1.29 is 18.8 Å². The van der Waals surface area contributed by atoms with Gasteiger partial charge in [0.25, 0.3) is 5.91 Å². The van der Waals surface area contributed by atoms with Crippen LogP contribution in [0, 0.1) is 12.7 Å². The minimum absolute atomic E-state index is 0.189. The van der Waals surface area contributed by atoms with Crippen molar-refractivity contribution in [2.24, 2.45) is 0 Å². The van der Waals surface area contributed by atoms with Crippen LogP contribution in [0.2, 0.25) is 10.0 Å². The molecule has 7 heteroatoms. The summed E-state index contributed by atoms with van der Waals surface area (Å²) in [5.41, 5.74) is 2.02. The van der Waals surface area contributed by atoms with Crippen LogP contribution < -0.4 is 15.0 Å². The number of anilines is 1. The number of nitrogens with one attached hydrogen (secondary N) is 2. The summed E-state index contributed by atoms with van der Waals surface area (Å²) < 4.78 is 18.6. The third-order valence-electron chi connectivity index (χ3n) is 3.73. The number of likely N-dealkylation sites (N-methyl/N-ethyl adjacent to an activating group) is 1. The lowest BCUT2D eigenvalue weighted by Crippen LogP contribution is -3.08. The molecule has 0 bridgehead atoms. The first-order valence-electron chi connectivity index (χ1n) is 7.70. The molecule has 2 aromatic rings. The van der Waals surface area contributed by atoms with Gasteiger partial charge in [0.05, 0.1) is 29.9 Å².